The van der Waals surface area contributed by atoms with Crippen molar-refractivity contribution in [2.75, 3.05) is 6.61 Å². The van der Waals surface area contributed by atoms with E-state index in [1.54, 1.807) is 23.5 Å². The number of aryl methyl sites for hydroxylation is 2. The summed E-state index contributed by atoms with van der Waals surface area (Å²) in [6.45, 7) is 4.54. The minimum Gasteiger partial charge on any atom is -0.493 e. The smallest absolute Gasteiger partial charge is 0.277 e. The summed E-state index contributed by atoms with van der Waals surface area (Å²) >= 11 is 1.76. The van der Waals surface area contributed by atoms with Crippen LogP contribution in [0.5, 0.6) is 5.75 Å². The Morgan fingerprint density at radius 2 is 1.42 bits per heavy atom. The predicted octanol–water partition coefficient (Wildman–Crippen LogP) is 7.76. The van der Waals surface area contributed by atoms with Gasteiger partial charge in [0.25, 0.3) is 5.56 Å². The molecule has 6 aromatic rings. The van der Waals surface area contributed by atoms with Crippen LogP contribution in [0.15, 0.2) is 119 Å². The summed E-state index contributed by atoms with van der Waals surface area (Å²) in [5.74, 6) is 1.14. The Morgan fingerprint density at radius 3 is 1.95 bits per heavy atom. The second-order valence-electron chi connectivity index (χ2n) is 10.4. The first-order valence-corrected chi connectivity index (χ1v) is 15.5. The van der Waals surface area contributed by atoms with E-state index in [1.807, 2.05) is 31.2 Å². The summed E-state index contributed by atoms with van der Waals surface area (Å²) < 4.78 is 7.15. The summed E-state index contributed by atoms with van der Waals surface area (Å²) in [4.78, 5) is 22.4. The Hall–Kier alpha value is -4.62. The third kappa shape index (κ3) is 5.37. The molecule has 0 saturated heterocycles. The maximum absolute atomic E-state index is 13.3. The summed E-state index contributed by atoms with van der Waals surface area (Å²) in [7, 11) is 1.79. The molecule has 216 valence electrons. The lowest BCUT2D eigenvalue weighted by Gasteiger charge is -2.35. The number of fused-ring (bicyclic) bond motifs is 1. The van der Waals surface area contributed by atoms with Crippen LogP contribution in [0.1, 0.15) is 42.7 Å². The van der Waals surface area contributed by atoms with E-state index < -0.39 is 4.75 Å². The van der Waals surface area contributed by atoms with Crippen LogP contribution < -0.4 is 10.3 Å². The fourth-order valence-electron chi connectivity index (χ4n) is 5.69. The number of ether oxygens (including phenoxy) is 1. The van der Waals surface area contributed by atoms with Crippen molar-refractivity contribution in [3.63, 3.8) is 0 Å². The average Bonchev–Trinajstić information content (AvgIpc) is 3.37. The number of hydrogen-bond donors (Lipinski definition) is 1. The standard InChI is InChI=1S/C36H34N4O2S/c1-4-15-30-32-33(40(3)39-30)35(41)38-34(37-32)29-24-28(22-23-31(29)42-5-2)43-36(25-16-9-6-10-17-25,26-18-11-7-12-19-26)27-20-13-8-14-21-27/h6-14,16-24H,4-5,15H2,1-3H3,(H,37,38,41). The van der Waals surface area contributed by atoms with E-state index in [4.69, 9.17) is 9.72 Å². The quantitative estimate of drug-likeness (QED) is 0.131. The van der Waals surface area contributed by atoms with Crippen LogP contribution in [0.2, 0.25) is 0 Å². The van der Waals surface area contributed by atoms with Gasteiger partial charge in [-0.3, -0.25) is 9.48 Å². The number of nitrogens with one attached hydrogen (secondary N) is 1. The van der Waals surface area contributed by atoms with Gasteiger partial charge in [0.15, 0.2) is 5.52 Å². The molecule has 0 aliphatic carbocycles. The zero-order chi connectivity index (χ0) is 29.8. The molecule has 0 aliphatic heterocycles. The zero-order valence-electron chi connectivity index (χ0n) is 24.6. The molecule has 0 radical (unpaired) electrons. The highest BCUT2D eigenvalue weighted by Gasteiger charge is 2.37. The second kappa shape index (κ2) is 12.3. The summed E-state index contributed by atoms with van der Waals surface area (Å²) in [6.07, 6.45) is 1.65. The van der Waals surface area contributed by atoms with Crippen molar-refractivity contribution >= 4 is 22.8 Å². The molecule has 1 N–H and O–H groups in total. The van der Waals surface area contributed by atoms with Gasteiger partial charge in [-0.2, -0.15) is 5.10 Å². The van der Waals surface area contributed by atoms with Crippen molar-refractivity contribution in [1.29, 1.82) is 0 Å². The number of aromatic nitrogens is 4. The number of nitrogens with zero attached hydrogens (tertiary/aromatic N) is 3. The molecule has 0 amide bonds. The van der Waals surface area contributed by atoms with Crippen LogP contribution in [0.3, 0.4) is 0 Å². The Morgan fingerprint density at radius 1 is 0.837 bits per heavy atom. The molecule has 6 nitrogen and oxygen atoms in total. The highest BCUT2D eigenvalue weighted by molar-refractivity contribution is 8.00. The lowest BCUT2D eigenvalue weighted by atomic mass is 9.84. The van der Waals surface area contributed by atoms with Crippen LogP contribution in [0.4, 0.5) is 0 Å². The van der Waals surface area contributed by atoms with E-state index in [1.165, 1.54) is 16.7 Å². The normalized spacial score (nSPS) is 11.6. The lowest BCUT2D eigenvalue weighted by molar-refractivity contribution is 0.341. The SMILES string of the molecule is CCCc1nn(C)c2c(=O)[nH]c(-c3cc(SC(c4ccccc4)(c4ccccc4)c4ccccc4)ccc3OCC)nc12. The topological polar surface area (TPSA) is 72.8 Å². The number of aromatic amines is 1. The molecule has 0 unspecified atom stereocenters. The molecule has 7 heteroatoms. The summed E-state index contributed by atoms with van der Waals surface area (Å²) in [5.41, 5.74) is 5.96. The number of H-pyrrole nitrogens is 1. The van der Waals surface area contributed by atoms with Crippen molar-refractivity contribution in [3.05, 3.63) is 142 Å². The van der Waals surface area contributed by atoms with Crippen LogP contribution >= 0.6 is 11.8 Å². The van der Waals surface area contributed by atoms with Gasteiger partial charge in [-0.15, -0.1) is 11.8 Å². The highest BCUT2D eigenvalue weighted by Crippen LogP contribution is 2.52. The van der Waals surface area contributed by atoms with Crippen LogP contribution in [0, 0.1) is 0 Å². The van der Waals surface area contributed by atoms with Crippen molar-refractivity contribution in [1.82, 2.24) is 19.7 Å². The Kier molecular flexibility index (Phi) is 8.16. The molecule has 2 aromatic heterocycles. The van der Waals surface area contributed by atoms with Crippen molar-refractivity contribution in [2.24, 2.45) is 7.05 Å². The van der Waals surface area contributed by atoms with Gasteiger partial charge < -0.3 is 9.72 Å². The van der Waals surface area contributed by atoms with Crippen LogP contribution in [-0.4, -0.2) is 26.4 Å². The number of rotatable bonds is 10. The van der Waals surface area contributed by atoms with Gasteiger partial charge in [-0.05, 0) is 48.2 Å². The maximum atomic E-state index is 13.3. The third-order valence-electron chi connectivity index (χ3n) is 7.57. The fraction of sp³-hybridized carbons (Fsp3) is 0.194. The minimum atomic E-state index is -0.545. The summed E-state index contributed by atoms with van der Waals surface area (Å²) in [6, 6.07) is 38.0. The van der Waals surface area contributed by atoms with E-state index in [2.05, 4.69) is 102 Å². The first-order valence-electron chi connectivity index (χ1n) is 14.6. The molecule has 0 fully saturated rings. The predicted molar refractivity (Wildman–Crippen MR) is 175 cm³/mol. The molecular formula is C36H34N4O2S. The highest BCUT2D eigenvalue weighted by atomic mass is 32.2. The monoisotopic (exact) mass is 586 g/mol. The molecule has 2 heterocycles. The molecule has 43 heavy (non-hydrogen) atoms. The van der Waals surface area contributed by atoms with E-state index >= 15 is 0 Å². The number of thioether (sulfide) groups is 1. The van der Waals surface area contributed by atoms with Gasteiger partial charge in [0.05, 0.1) is 22.6 Å². The molecule has 0 saturated carbocycles. The fourth-order valence-corrected chi connectivity index (χ4v) is 7.12. The van der Waals surface area contributed by atoms with Crippen molar-refractivity contribution < 1.29 is 4.74 Å². The Balaban J connectivity index is 1.56. The molecular weight excluding hydrogens is 552 g/mol. The van der Waals surface area contributed by atoms with E-state index in [0.29, 0.717) is 29.2 Å². The Labute approximate surface area is 255 Å². The molecule has 0 aliphatic rings. The minimum absolute atomic E-state index is 0.218. The average molecular weight is 587 g/mol. The van der Waals surface area contributed by atoms with Gasteiger partial charge in [0.1, 0.15) is 17.1 Å². The van der Waals surface area contributed by atoms with Gasteiger partial charge in [-0.1, -0.05) is 104 Å². The first kappa shape index (κ1) is 28.5. The molecule has 6 rings (SSSR count). The van der Waals surface area contributed by atoms with Crippen molar-refractivity contribution in [2.45, 2.75) is 36.3 Å². The first-order chi connectivity index (χ1) is 21.0. The molecule has 0 atom stereocenters. The molecule has 0 spiro atoms. The second-order valence-corrected chi connectivity index (χ2v) is 11.7. The lowest BCUT2D eigenvalue weighted by Crippen LogP contribution is -2.25. The van der Waals surface area contributed by atoms with Crippen molar-refractivity contribution in [3.8, 4) is 17.1 Å². The van der Waals surface area contributed by atoms with Gasteiger partial charge in [-0.25, -0.2) is 4.98 Å². The van der Waals surface area contributed by atoms with E-state index in [9.17, 15) is 4.79 Å². The zero-order valence-corrected chi connectivity index (χ0v) is 25.4. The van der Waals surface area contributed by atoms with Crippen LogP contribution in [-0.2, 0) is 18.2 Å². The van der Waals surface area contributed by atoms with E-state index in [0.717, 1.165) is 29.0 Å². The summed E-state index contributed by atoms with van der Waals surface area (Å²) in [5, 5.41) is 4.60. The third-order valence-corrected chi connectivity index (χ3v) is 9.07. The number of benzene rings is 4. The molecule has 0 bridgehead atoms. The van der Waals surface area contributed by atoms with Gasteiger partial charge in [0, 0.05) is 11.9 Å². The number of hydrogen-bond acceptors (Lipinski definition) is 5. The largest absolute Gasteiger partial charge is 0.493 e. The molecule has 4 aromatic carbocycles. The maximum Gasteiger partial charge on any atom is 0.277 e. The van der Waals surface area contributed by atoms with Gasteiger partial charge in [0.2, 0.25) is 0 Å². The Bertz CT molecular complexity index is 1800. The van der Waals surface area contributed by atoms with Crippen LogP contribution in [0.25, 0.3) is 22.4 Å². The van der Waals surface area contributed by atoms with Gasteiger partial charge >= 0.3 is 0 Å². The van der Waals surface area contributed by atoms with E-state index in [-0.39, 0.29) is 5.56 Å².